The molecule has 0 saturated carbocycles. The average Bonchev–Trinajstić information content (AvgIpc) is 3.13. The van der Waals surface area contributed by atoms with Crippen LogP contribution in [0.3, 0.4) is 0 Å². The number of nitrogens with two attached hydrogens (primary N) is 1. The largest absolute Gasteiger partial charge is 0.369 e. The highest BCUT2D eigenvalue weighted by Crippen LogP contribution is 2.26. The number of likely N-dealkylation sites (N-methyl/N-ethyl adjacent to an activating group) is 1. The molecule has 0 spiro atoms. The molecule has 10 nitrogen and oxygen atoms in total. The van der Waals surface area contributed by atoms with Gasteiger partial charge in [0.15, 0.2) is 18.2 Å². The summed E-state index contributed by atoms with van der Waals surface area (Å²) in [6.45, 7) is 3.37. The number of nitrogens with zero attached hydrogens (tertiary/aromatic N) is 5. The number of rotatable bonds is 5. The summed E-state index contributed by atoms with van der Waals surface area (Å²) in [6.07, 6.45) is 3.44. The van der Waals surface area contributed by atoms with Crippen molar-refractivity contribution in [1.29, 1.82) is 0 Å². The third-order valence-electron chi connectivity index (χ3n) is 5.79. The smallest absolute Gasteiger partial charge is 0.325 e. The summed E-state index contributed by atoms with van der Waals surface area (Å²) in [4.78, 5) is 48.3. The summed E-state index contributed by atoms with van der Waals surface area (Å²) in [5, 5.41) is 2.42. The van der Waals surface area contributed by atoms with Gasteiger partial charge < -0.3 is 20.4 Å². The van der Waals surface area contributed by atoms with Crippen LogP contribution >= 0.6 is 0 Å². The molecule has 31 heavy (non-hydrogen) atoms. The van der Waals surface area contributed by atoms with Gasteiger partial charge in [0.1, 0.15) is 0 Å². The topological polar surface area (TPSA) is 115 Å². The van der Waals surface area contributed by atoms with Crippen molar-refractivity contribution in [3.05, 3.63) is 42.0 Å². The molecule has 3 aliphatic heterocycles. The molecule has 1 aromatic carbocycles. The Morgan fingerprint density at radius 1 is 1.19 bits per heavy atom. The van der Waals surface area contributed by atoms with Crippen molar-refractivity contribution in [1.82, 2.24) is 24.9 Å². The van der Waals surface area contributed by atoms with Crippen LogP contribution in [0.1, 0.15) is 5.56 Å². The molecule has 0 aliphatic carbocycles. The van der Waals surface area contributed by atoms with Gasteiger partial charge in [-0.1, -0.05) is 42.5 Å². The minimum absolute atomic E-state index is 0.231. The van der Waals surface area contributed by atoms with E-state index in [9.17, 15) is 14.4 Å². The van der Waals surface area contributed by atoms with Gasteiger partial charge in [0.2, 0.25) is 5.91 Å². The summed E-state index contributed by atoms with van der Waals surface area (Å²) in [5.41, 5.74) is 6.38. The van der Waals surface area contributed by atoms with Crippen molar-refractivity contribution in [2.45, 2.75) is 12.2 Å². The van der Waals surface area contributed by atoms with Gasteiger partial charge in [-0.05, 0) is 5.56 Å². The molecular formula is C21H27N7O3. The van der Waals surface area contributed by atoms with E-state index in [4.69, 9.17) is 10.7 Å². The Morgan fingerprint density at radius 2 is 1.90 bits per heavy atom. The fraction of sp³-hybridized carbons (Fsp3) is 0.429. The number of primary amides is 1. The van der Waals surface area contributed by atoms with E-state index in [0.29, 0.717) is 38.7 Å². The standard InChI is InChI=1S/C21H27N7O3/c1-25-18-17(19(30)24-21(25)31)28(9-5-8-15-6-3-2-4-7-15)20(23-18)27-12-10-26(11-13-27)14-16(22)29/h2-8,17-18H,9-14H2,1H3,(H2,22,29)(H,24,30,31)/b8-5+. The van der Waals surface area contributed by atoms with Crippen LogP contribution in [0.25, 0.3) is 6.08 Å². The molecule has 0 aromatic heterocycles. The Balaban J connectivity index is 1.53. The molecule has 3 aliphatic rings. The number of carbonyl (C=O) groups is 3. The van der Waals surface area contributed by atoms with Crippen molar-refractivity contribution in [3.8, 4) is 0 Å². The molecule has 2 fully saturated rings. The monoisotopic (exact) mass is 425 g/mol. The van der Waals surface area contributed by atoms with Gasteiger partial charge in [0.05, 0.1) is 6.54 Å². The normalized spacial score (nSPS) is 24.4. The molecule has 4 amide bonds. The molecular weight excluding hydrogens is 398 g/mol. The first-order chi connectivity index (χ1) is 14.9. The number of amides is 4. The first-order valence-electron chi connectivity index (χ1n) is 10.3. The van der Waals surface area contributed by atoms with E-state index >= 15 is 0 Å². The summed E-state index contributed by atoms with van der Waals surface area (Å²) in [5.74, 6) is 0.0117. The van der Waals surface area contributed by atoms with Crippen LogP contribution in [0.2, 0.25) is 0 Å². The third-order valence-corrected chi connectivity index (χ3v) is 5.79. The van der Waals surface area contributed by atoms with Crippen LogP contribution in [-0.2, 0) is 9.59 Å². The zero-order valence-electron chi connectivity index (χ0n) is 17.5. The van der Waals surface area contributed by atoms with Crippen molar-refractivity contribution in [3.63, 3.8) is 0 Å². The first kappa shape index (κ1) is 20.9. The fourth-order valence-corrected chi connectivity index (χ4v) is 4.16. The number of urea groups is 1. The highest BCUT2D eigenvalue weighted by molar-refractivity contribution is 6.03. The lowest BCUT2D eigenvalue weighted by Crippen LogP contribution is -2.64. The molecule has 10 heteroatoms. The van der Waals surface area contributed by atoms with Gasteiger partial charge in [0, 0.05) is 39.8 Å². The molecule has 3 heterocycles. The van der Waals surface area contributed by atoms with E-state index in [1.165, 1.54) is 4.90 Å². The van der Waals surface area contributed by atoms with Crippen molar-refractivity contribution < 1.29 is 14.4 Å². The Hall–Kier alpha value is -3.40. The number of guanidine groups is 1. The second-order valence-corrected chi connectivity index (χ2v) is 7.89. The summed E-state index contributed by atoms with van der Waals surface area (Å²) in [7, 11) is 1.65. The van der Waals surface area contributed by atoms with Gasteiger partial charge in [-0.2, -0.15) is 0 Å². The maximum Gasteiger partial charge on any atom is 0.325 e. The van der Waals surface area contributed by atoms with E-state index in [0.717, 1.165) is 5.56 Å². The van der Waals surface area contributed by atoms with E-state index < -0.39 is 18.2 Å². The lowest BCUT2D eigenvalue weighted by Gasteiger charge is -2.39. The second kappa shape index (κ2) is 8.76. The highest BCUT2D eigenvalue weighted by atomic mass is 16.2. The fourth-order valence-electron chi connectivity index (χ4n) is 4.16. The molecule has 2 unspecified atom stereocenters. The molecule has 4 rings (SSSR count). The van der Waals surface area contributed by atoms with E-state index in [1.54, 1.807) is 7.05 Å². The second-order valence-electron chi connectivity index (χ2n) is 7.89. The van der Waals surface area contributed by atoms with Crippen molar-refractivity contribution in [2.75, 3.05) is 46.3 Å². The van der Waals surface area contributed by atoms with Crippen molar-refractivity contribution >= 4 is 29.9 Å². The predicted molar refractivity (Wildman–Crippen MR) is 116 cm³/mol. The van der Waals surface area contributed by atoms with Crippen LogP contribution in [0.4, 0.5) is 4.79 Å². The van der Waals surface area contributed by atoms with Crippen LogP contribution in [0.15, 0.2) is 41.4 Å². The quantitative estimate of drug-likeness (QED) is 0.648. The number of nitrogens with one attached hydrogen (secondary N) is 1. The Morgan fingerprint density at radius 3 is 2.58 bits per heavy atom. The Kier molecular flexibility index (Phi) is 5.90. The number of hydrogen-bond acceptors (Lipinski definition) is 7. The van der Waals surface area contributed by atoms with Crippen LogP contribution in [-0.4, -0.2) is 102 Å². The lowest BCUT2D eigenvalue weighted by atomic mass is 10.1. The number of imide groups is 1. The first-order valence-corrected chi connectivity index (χ1v) is 10.3. The SMILES string of the molecule is CN1C(=O)NC(=O)C2C1N=C(N1CCN(CC(N)=O)CC1)N2C/C=C/c1ccccc1. The number of aliphatic imine (C=N–C) groups is 1. The minimum Gasteiger partial charge on any atom is -0.369 e. The predicted octanol–water partition coefficient (Wildman–Crippen LogP) is -0.649. The van der Waals surface area contributed by atoms with Gasteiger partial charge in [0.25, 0.3) is 5.91 Å². The Bertz CT molecular complexity index is 909. The van der Waals surface area contributed by atoms with Crippen LogP contribution in [0, 0.1) is 0 Å². The van der Waals surface area contributed by atoms with Gasteiger partial charge >= 0.3 is 6.03 Å². The number of carbonyl (C=O) groups excluding carboxylic acids is 3. The van der Waals surface area contributed by atoms with E-state index in [1.807, 2.05) is 52.3 Å². The molecule has 0 radical (unpaired) electrons. The molecule has 164 valence electrons. The summed E-state index contributed by atoms with van der Waals surface area (Å²) in [6, 6.07) is 8.90. The highest BCUT2D eigenvalue weighted by Gasteiger charge is 2.49. The summed E-state index contributed by atoms with van der Waals surface area (Å²) >= 11 is 0. The molecule has 0 bridgehead atoms. The number of benzene rings is 1. The molecule has 3 N–H and O–H groups in total. The molecule has 1 aromatic rings. The van der Waals surface area contributed by atoms with Gasteiger partial charge in [-0.25, -0.2) is 9.79 Å². The summed E-state index contributed by atoms with van der Waals surface area (Å²) < 4.78 is 0. The zero-order valence-corrected chi connectivity index (χ0v) is 17.5. The van der Waals surface area contributed by atoms with Crippen molar-refractivity contribution in [2.24, 2.45) is 10.7 Å². The van der Waals surface area contributed by atoms with Gasteiger partial charge in [-0.3, -0.25) is 19.8 Å². The van der Waals surface area contributed by atoms with E-state index in [2.05, 4.69) is 10.2 Å². The maximum atomic E-state index is 12.7. The maximum absolute atomic E-state index is 12.7. The Labute approximate surface area is 181 Å². The lowest BCUT2D eigenvalue weighted by molar-refractivity contribution is -0.127. The number of fused-ring (bicyclic) bond motifs is 1. The van der Waals surface area contributed by atoms with Gasteiger partial charge in [-0.15, -0.1) is 0 Å². The number of hydrogen-bond donors (Lipinski definition) is 2. The number of piperazine rings is 1. The third kappa shape index (κ3) is 4.38. The molecule has 2 atom stereocenters. The van der Waals surface area contributed by atoms with Crippen LogP contribution < -0.4 is 11.1 Å². The minimum atomic E-state index is -0.582. The van der Waals surface area contributed by atoms with Crippen LogP contribution in [0.5, 0.6) is 0 Å². The van der Waals surface area contributed by atoms with E-state index in [-0.39, 0.29) is 18.4 Å². The average molecular weight is 425 g/mol. The zero-order chi connectivity index (χ0) is 22.0. The molecule has 2 saturated heterocycles.